The topological polar surface area (TPSA) is 97.1 Å². The molecule has 0 saturated carbocycles. The molecule has 1 atom stereocenters. The Morgan fingerprint density at radius 1 is 1.25 bits per heavy atom. The Balaban J connectivity index is 1.51. The van der Waals surface area contributed by atoms with E-state index in [1.165, 1.54) is 0 Å². The van der Waals surface area contributed by atoms with Gasteiger partial charge in [0.2, 0.25) is 5.91 Å². The van der Waals surface area contributed by atoms with E-state index < -0.39 is 15.6 Å². The number of fused-ring (bicyclic) bond motifs is 1. The van der Waals surface area contributed by atoms with Crippen LogP contribution in [0.25, 0.3) is 5.65 Å². The average molecular weight is 407 g/mol. The molecule has 0 radical (unpaired) electrons. The molecular weight excluding hydrogens is 382 g/mol. The molecule has 4 rings (SSSR count). The van der Waals surface area contributed by atoms with E-state index in [1.807, 2.05) is 18.3 Å². The summed E-state index contributed by atoms with van der Waals surface area (Å²) in [5.74, 6) is -0.0631. The first kappa shape index (κ1) is 19.1. The number of rotatable bonds is 4. The van der Waals surface area contributed by atoms with Gasteiger partial charge in [-0.1, -0.05) is 0 Å². The highest BCUT2D eigenvalue weighted by Gasteiger charge is 2.29. The van der Waals surface area contributed by atoms with Gasteiger partial charge in [-0.3, -0.25) is 4.79 Å². The lowest BCUT2D eigenvalue weighted by Gasteiger charge is -2.31. The minimum atomic E-state index is -3.33. The third-order valence-electron chi connectivity index (χ3n) is 5.23. The number of carbonyl (C=O) groups excluding carboxylic acids is 1. The number of pyridine rings is 1. The van der Waals surface area contributed by atoms with Gasteiger partial charge in [-0.2, -0.15) is 5.10 Å². The summed E-state index contributed by atoms with van der Waals surface area (Å²) in [6.07, 6.45) is 4.76. The summed E-state index contributed by atoms with van der Waals surface area (Å²) in [5.41, 5.74) is 1.85. The summed E-state index contributed by atoms with van der Waals surface area (Å²) in [7, 11) is -3.33. The van der Waals surface area contributed by atoms with Crippen LogP contribution >= 0.6 is 0 Å². The van der Waals surface area contributed by atoms with Crippen LogP contribution in [0.4, 0.5) is 5.69 Å². The van der Waals surface area contributed by atoms with Crippen molar-refractivity contribution in [3.63, 3.8) is 0 Å². The zero-order chi connectivity index (χ0) is 19.7. The number of likely N-dealkylation sites (tertiary alicyclic amines) is 1. The van der Waals surface area contributed by atoms with Crippen LogP contribution in [-0.4, -0.2) is 85.2 Å². The van der Waals surface area contributed by atoms with E-state index in [4.69, 9.17) is 4.74 Å². The number of sulfone groups is 1. The molecule has 152 valence electrons. The molecule has 2 aromatic heterocycles. The molecule has 0 bridgehead atoms. The molecule has 2 saturated heterocycles. The summed E-state index contributed by atoms with van der Waals surface area (Å²) in [4.78, 5) is 20.8. The lowest BCUT2D eigenvalue weighted by Crippen LogP contribution is -2.42. The van der Waals surface area contributed by atoms with Crippen molar-refractivity contribution in [3.8, 4) is 0 Å². The quantitative estimate of drug-likeness (QED) is 0.720. The van der Waals surface area contributed by atoms with Gasteiger partial charge in [0, 0.05) is 38.4 Å². The molecule has 2 aromatic rings. The Kier molecular flexibility index (Phi) is 5.24. The number of morpholine rings is 1. The normalized spacial score (nSPS) is 21.2. The van der Waals surface area contributed by atoms with Crippen molar-refractivity contribution in [2.45, 2.75) is 18.8 Å². The van der Waals surface area contributed by atoms with Crippen LogP contribution in [0, 0.1) is 0 Å². The molecule has 1 amide bonds. The maximum atomic E-state index is 12.3. The summed E-state index contributed by atoms with van der Waals surface area (Å²) in [5, 5.41) is 4.65. The number of aromatic nitrogens is 3. The van der Waals surface area contributed by atoms with Gasteiger partial charge in [-0.15, -0.1) is 0 Å². The van der Waals surface area contributed by atoms with Gasteiger partial charge in [0.05, 0.1) is 25.1 Å². The lowest BCUT2D eigenvalue weighted by atomic mass is 9.97. The Bertz CT molecular complexity index is 968. The van der Waals surface area contributed by atoms with E-state index in [0.29, 0.717) is 18.9 Å². The zero-order valence-corrected chi connectivity index (χ0v) is 16.8. The lowest BCUT2D eigenvalue weighted by molar-refractivity contribution is -0.129. The van der Waals surface area contributed by atoms with Gasteiger partial charge in [0.25, 0.3) is 0 Å². The molecule has 0 aliphatic carbocycles. The molecular formula is C18H25N5O4S. The molecule has 9 nitrogen and oxygen atoms in total. The van der Waals surface area contributed by atoms with Crippen molar-refractivity contribution in [2.75, 3.05) is 56.3 Å². The van der Waals surface area contributed by atoms with E-state index in [1.54, 1.807) is 9.42 Å². The Labute approximate surface area is 164 Å². The van der Waals surface area contributed by atoms with Crippen molar-refractivity contribution in [2.24, 2.45) is 0 Å². The van der Waals surface area contributed by atoms with Crippen molar-refractivity contribution < 1.29 is 17.9 Å². The largest absolute Gasteiger partial charge is 0.378 e. The van der Waals surface area contributed by atoms with E-state index in [0.717, 1.165) is 56.7 Å². The number of amides is 1. The van der Waals surface area contributed by atoms with Crippen LogP contribution in [0.15, 0.2) is 18.3 Å². The third-order valence-corrected chi connectivity index (χ3v) is 6.00. The zero-order valence-electron chi connectivity index (χ0n) is 16.0. The highest BCUT2D eigenvalue weighted by atomic mass is 32.2. The van der Waals surface area contributed by atoms with E-state index in [2.05, 4.69) is 15.0 Å². The summed E-state index contributed by atoms with van der Waals surface area (Å²) in [6, 6.07) is 4.00. The fourth-order valence-electron chi connectivity index (χ4n) is 3.80. The van der Waals surface area contributed by atoms with Crippen LogP contribution in [0.1, 0.15) is 24.6 Å². The number of carbonyl (C=O) groups is 1. The molecule has 2 aliphatic rings. The Hall–Kier alpha value is -2.20. The fraction of sp³-hybridized carbons (Fsp3) is 0.611. The SMILES string of the molecule is CS(=O)(=O)CC(=O)N1CCC[C@@H](c2nc3ccc(N4CCOCC4)cn3n2)C1. The summed E-state index contributed by atoms with van der Waals surface area (Å²) < 4.78 is 30.1. The number of hydrogen-bond acceptors (Lipinski definition) is 7. The number of anilines is 1. The van der Waals surface area contributed by atoms with Crippen molar-refractivity contribution in [1.29, 1.82) is 0 Å². The van der Waals surface area contributed by atoms with Crippen LogP contribution in [0.2, 0.25) is 0 Å². The van der Waals surface area contributed by atoms with E-state index >= 15 is 0 Å². The maximum Gasteiger partial charge on any atom is 0.237 e. The fourth-order valence-corrected chi connectivity index (χ4v) is 4.43. The molecule has 28 heavy (non-hydrogen) atoms. The molecule has 2 aliphatic heterocycles. The van der Waals surface area contributed by atoms with Gasteiger partial charge in [0.15, 0.2) is 21.3 Å². The summed E-state index contributed by atoms with van der Waals surface area (Å²) >= 11 is 0. The summed E-state index contributed by atoms with van der Waals surface area (Å²) in [6.45, 7) is 4.20. The van der Waals surface area contributed by atoms with Crippen LogP contribution in [0.3, 0.4) is 0 Å². The molecule has 0 unspecified atom stereocenters. The third kappa shape index (κ3) is 4.27. The average Bonchev–Trinajstić information content (AvgIpc) is 3.11. The molecule has 0 aromatic carbocycles. The molecule has 0 spiro atoms. The van der Waals surface area contributed by atoms with Gasteiger partial charge in [0.1, 0.15) is 5.75 Å². The predicted octanol–water partition coefficient (Wildman–Crippen LogP) is 0.317. The molecule has 0 N–H and O–H groups in total. The van der Waals surface area contributed by atoms with Gasteiger partial charge in [-0.25, -0.2) is 17.9 Å². The van der Waals surface area contributed by atoms with Crippen LogP contribution < -0.4 is 4.90 Å². The first-order chi connectivity index (χ1) is 13.4. The van der Waals surface area contributed by atoms with Gasteiger partial charge < -0.3 is 14.5 Å². The monoisotopic (exact) mass is 407 g/mol. The highest BCUT2D eigenvalue weighted by Crippen LogP contribution is 2.26. The number of nitrogens with zero attached hydrogens (tertiary/aromatic N) is 5. The second-order valence-electron chi connectivity index (χ2n) is 7.51. The Morgan fingerprint density at radius 3 is 2.79 bits per heavy atom. The van der Waals surface area contributed by atoms with Gasteiger partial charge in [-0.05, 0) is 25.0 Å². The maximum absolute atomic E-state index is 12.3. The van der Waals surface area contributed by atoms with Crippen LogP contribution in [-0.2, 0) is 19.4 Å². The first-order valence-electron chi connectivity index (χ1n) is 9.53. The second kappa shape index (κ2) is 7.67. The number of ether oxygens (including phenoxy) is 1. The Morgan fingerprint density at radius 2 is 2.04 bits per heavy atom. The molecule has 10 heteroatoms. The van der Waals surface area contributed by atoms with E-state index in [9.17, 15) is 13.2 Å². The number of hydrogen-bond donors (Lipinski definition) is 0. The minimum Gasteiger partial charge on any atom is -0.378 e. The molecule has 2 fully saturated rings. The minimum absolute atomic E-state index is 0.0176. The highest BCUT2D eigenvalue weighted by molar-refractivity contribution is 7.91. The smallest absolute Gasteiger partial charge is 0.237 e. The molecule has 4 heterocycles. The van der Waals surface area contributed by atoms with Crippen molar-refractivity contribution in [3.05, 3.63) is 24.2 Å². The second-order valence-corrected chi connectivity index (χ2v) is 9.65. The van der Waals surface area contributed by atoms with Crippen LogP contribution in [0.5, 0.6) is 0 Å². The standard InChI is InChI=1S/C18H25N5O4S/c1-28(25,26)13-17(24)22-6-2-3-14(11-22)18-19-16-5-4-15(12-23(16)20-18)21-7-9-27-10-8-21/h4-5,12,14H,2-3,6-11,13H2,1H3/t14-/m1/s1. The predicted molar refractivity (Wildman–Crippen MR) is 104 cm³/mol. The first-order valence-corrected chi connectivity index (χ1v) is 11.6. The van der Waals surface area contributed by atoms with Gasteiger partial charge >= 0.3 is 0 Å². The van der Waals surface area contributed by atoms with Crippen molar-refractivity contribution >= 4 is 27.1 Å². The van der Waals surface area contributed by atoms with Crippen molar-refractivity contribution in [1.82, 2.24) is 19.5 Å². The van der Waals surface area contributed by atoms with E-state index in [-0.39, 0.29) is 11.8 Å². The number of piperidine rings is 1.